The Morgan fingerprint density at radius 1 is 1.15 bits per heavy atom. The number of hydrogen-bond acceptors (Lipinski definition) is 4. The molecule has 0 aromatic rings. The van der Waals surface area contributed by atoms with E-state index in [0.717, 1.165) is 0 Å². The first-order valence-electron chi connectivity index (χ1n) is 8.41. The molecule has 1 N–H and O–H groups in total. The summed E-state index contributed by atoms with van der Waals surface area (Å²) in [5, 5.41) is 3.83. The normalized spacial score (nSPS) is 25.9. The Kier molecular flexibility index (Phi) is 6.66. The van der Waals surface area contributed by atoms with Gasteiger partial charge in [-0.05, 0) is 32.6 Å². The largest absolute Gasteiger partial charge is 0.312 e. The standard InChI is InChI=1S/C16H33N3S/c1-4-20-13-15(2)17-14-16(7-5-6-8-16)19-11-9-18(3)10-12-19/h15,17H,4-14H2,1-3H3/t15-/m1/s1. The summed E-state index contributed by atoms with van der Waals surface area (Å²) in [6.07, 6.45) is 5.65. The van der Waals surface area contributed by atoms with Gasteiger partial charge in [-0.25, -0.2) is 0 Å². The predicted octanol–water partition coefficient (Wildman–Crippen LogP) is 2.28. The molecule has 2 aliphatic rings. The number of nitrogens with one attached hydrogen (secondary N) is 1. The van der Waals surface area contributed by atoms with Crippen molar-refractivity contribution >= 4 is 11.8 Å². The Balaban J connectivity index is 1.85. The van der Waals surface area contributed by atoms with Crippen LogP contribution in [0.5, 0.6) is 0 Å². The van der Waals surface area contributed by atoms with Crippen LogP contribution in [-0.4, -0.2) is 72.7 Å². The number of piperazine rings is 1. The summed E-state index contributed by atoms with van der Waals surface area (Å²) in [4.78, 5) is 5.26. The van der Waals surface area contributed by atoms with Gasteiger partial charge >= 0.3 is 0 Å². The minimum atomic E-state index is 0.465. The summed E-state index contributed by atoms with van der Waals surface area (Å²) < 4.78 is 0. The number of likely N-dealkylation sites (N-methyl/N-ethyl adjacent to an activating group) is 1. The topological polar surface area (TPSA) is 18.5 Å². The Labute approximate surface area is 129 Å². The maximum absolute atomic E-state index is 3.83. The molecular formula is C16H33N3S. The first kappa shape index (κ1) is 16.6. The van der Waals surface area contributed by atoms with E-state index in [9.17, 15) is 0 Å². The molecule has 118 valence electrons. The van der Waals surface area contributed by atoms with Crippen LogP contribution < -0.4 is 5.32 Å². The molecule has 0 spiro atoms. The first-order chi connectivity index (χ1) is 9.66. The molecule has 3 nitrogen and oxygen atoms in total. The van der Waals surface area contributed by atoms with E-state index in [1.54, 1.807) is 0 Å². The van der Waals surface area contributed by atoms with Gasteiger partial charge in [0.25, 0.3) is 0 Å². The van der Waals surface area contributed by atoms with Gasteiger partial charge in [-0.3, -0.25) is 4.90 Å². The third-order valence-corrected chi connectivity index (χ3v) is 6.20. The molecule has 2 fully saturated rings. The van der Waals surface area contributed by atoms with Gasteiger partial charge in [-0.15, -0.1) is 0 Å². The maximum atomic E-state index is 3.83. The van der Waals surface area contributed by atoms with Crippen molar-refractivity contribution in [2.45, 2.75) is 51.1 Å². The molecule has 1 atom stereocenters. The molecule has 0 bridgehead atoms. The fraction of sp³-hybridized carbons (Fsp3) is 1.00. The molecule has 0 aromatic carbocycles. The molecule has 0 unspecified atom stereocenters. The Hall–Kier alpha value is 0.230. The van der Waals surface area contributed by atoms with E-state index in [1.807, 2.05) is 0 Å². The number of nitrogens with zero attached hydrogens (tertiary/aromatic N) is 2. The van der Waals surface area contributed by atoms with E-state index < -0.39 is 0 Å². The zero-order valence-corrected chi connectivity index (χ0v) is 14.5. The van der Waals surface area contributed by atoms with Crippen molar-refractivity contribution in [2.75, 3.05) is 51.3 Å². The van der Waals surface area contributed by atoms with E-state index in [0.29, 0.717) is 11.6 Å². The van der Waals surface area contributed by atoms with Crippen molar-refractivity contribution in [2.24, 2.45) is 0 Å². The van der Waals surface area contributed by atoms with Gasteiger partial charge in [0.2, 0.25) is 0 Å². The predicted molar refractivity (Wildman–Crippen MR) is 90.7 cm³/mol. The Bertz CT molecular complexity index is 271. The van der Waals surface area contributed by atoms with Crippen LogP contribution in [-0.2, 0) is 0 Å². The molecule has 1 heterocycles. The second-order valence-corrected chi connectivity index (χ2v) is 7.98. The van der Waals surface area contributed by atoms with E-state index in [2.05, 4.69) is 47.8 Å². The summed E-state index contributed by atoms with van der Waals surface area (Å²) in [5.74, 6) is 2.48. The molecule has 1 saturated heterocycles. The Morgan fingerprint density at radius 2 is 1.80 bits per heavy atom. The van der Waals surface area contributed by atoms with E-state index in [-0.39, 0.29) is 0 Å². The molecule has 1 saturated carbocycles. The van der Waals surface area contributed by atoms with Crippen molar-refractivity contribution in [3.8, 4) is 0 Å². The smallest absolute Gasteiger partial charge is 0.0335 e. The first-order valence-corrected chi connectivity index (χ1v) is 9.56. The zero-order chi connectivity index (χ0) is 14.4. The van der Waals surface area contributed by atoms with Crippen LogP contribution in [0.2, 0.25) is 0 Å². The van der Waals surface area contributed by atoms with Crippen molar-refractivity contribution in [1.29, 1.82) is 0 Å². The lowest BCUT2D eigenvalue weighted by atomic mass is 9.93. The SMILES string of the molecule is CCSC[C@@H](C)NCC1(N2CCN(C)CC2)CCCC1. The molecule has 0 aromatic heterocycles. The van der Waals surface area contributed by atoms with Gasteiger partial charge < -0.3 is 10.2 Å². The minimum Gasteiger partial charge on any atom is -0.312 e. The van der Waals surface area contributed by atoms with Gasteiger partial charge in [-0.1, -0.05) is 19.8 Å². The third-order valence-electron chi connectivity index (χ3n) is 5.06. The van der Waals surface area contributed by atoms with Crippen molar-refractivity contribution in [3.63, 3.8) is 0 Å². The molecule has 1 aliphatic carbocycles. The molecule has 0 radical (unpaired) electrons. The summed E-state index contributed by atoms with van der Waals surface area (Å²) in [6, 6.07) is 0.643. The highest BCUT2D eigenvalue weighted by Gasteiger charge is 2.40. The molecule has 20 heavy (non-hydrogen) atoms. The highest BCUT2D eigenvalue weighted by Crippen LogP contribution is 2.35. The summed E-state index contributed by atoms with van der Waals surface area (Å²) >= 11 is 2.05. The average Bonchev–Trinajstić information content (AvgIpc) is 2.93. The van der Waals surface area contributed by atoms with Gasteiger partial charge in [0.1, 0.15) is 0 Å². The second-order valence-electron chi connectivity index (χ2n) is 6.66. The van der Waals surface area contributed by atoms with Gasteiger partial charge in [-0.2, -0.15) is 11.8 Å². The van der Waals surface area contributed by atoms with Crippen molar-refractivity contribution < 1.29 is 0 Å². The van der Waals surface area contributed by atoms with Gasteiger partial charge in [0.05, 0.1) is 0 Å². The van der Waals surface area contributed by atoms with Crippen LogP contribution in [0.15, 0.2) is 0 Å². The van der Waals surface area contributed by atoms with Crippen LogP contribution in [0.3, 0.4) is 0 Å². The van der Waals surface area contributed by atoms with Gasteiger partial charge in [0.15, 0.2) is 0 Å². The third kappa shape index (κ3) is 4.36. The quantitative estimate of drug-likeness (QED) is 0.777. The lowest BCUT2D eigenvalue weighted by Crippen LogP contribution is -2.59. The van der Waals surface area contributed by atoms with Crippen LogP contribution in [0, 0.1) is 0 Å². The highest BCUT2D eigenvalue weighted by molar-refractivity contribution is 7.99. The average molecular weight is 300 g/mol. The van der Waals surface area contributed by atoms with Gasteiger partial charge in [0, 0.05) is 50.1 Å². The van der Waals surface area contributed by atoms with E-state index in [4.69, 9.17) is 0 Å². The minimum absolute atomic E-state index is 0.465. The summed E-state index contributed by atoms with van der Waals surface area (Å²) in [5.41, 5.74) is 0.465. The molecular weight excluding hydrogens is 266 g/mol. The van der Waals surface area contributed by atoms with Crippen LogP contribution >= 0.6 is 11.8 Å². The van der Waals surface area contributed by atoms with Crippen molar-refractivity contribution in [3.05, 3.63) is 0 Å². The number of thioether (sulfide) groups is 1. The zero-order valence-electron chi connectivity index (χ0n) is 13.7. The highest BCUT2D eigenvalue weighted by atomic mass is 32.2. The molecule has 0 amide bonds. The summed E-state index contributed by atoms with van der Waals surface area (Å²) in [7, 11) is 2.25. The van der Waals surface area contributed by atoms with Crippen LogP contribution in [0.1, 0.15) is 39.5 Å². The van der Waals surface area contributed by atoms with Crippen LogP contribution in [0.4, 0.5) is 0 Å². The lowest BCUT2D eigenvalue weighted by molar-refractivity contribution is 0.0417. The fourth-order valence-corrected chi connectivity index (χ4v) is 4.34. The maximum Gasteiger partial charge on any atom is 0.0335 e. The number of rotatable bonds is 7. The monoisotopic (exact) mass is 299 g/mol. The van der Waals surface area contributed by atoms with Crippen LogP contribution in [0.25, 0.3) is 0 Å². The Morgan fingerprint density at radius 3 is 2.40 bits per heavy atom. The molecule has 2 rings (SSSR count). The lowest BCUT2D eigenvalue weighted by Gasteiger charge is -2.46. The van der Waals surface area contributed by atoms with E-state index in [1.165, 1.54) is 69.9 Å². The van der Waals surface area contributed by atoms with E-state index >= 15 is 0 Å². The van der Waals surface area contributed by atoms with Crippen molar-refractivity contribution in [1.82, 2.24) is 15.1 Å². The second kappa shape index (κ2) is 8.02. The molecule has 4 heteroatoms. The summed E-state index contributed by atoms with van der Waals surface area (Å²) in [6.45, 7) is 10.8. The fourth-order valence-electron chi connectivity index (χ4n) is 3.64. The number of hydrogen-bond donors (Lipinski definition) is 1. The molecule has 1 aliphatic heterocycles.